The molecule has 2 nitrogen and oxygen atoms in total. The van der Waals surface area contributed by atoms with Gasteiger partial charge in [-0.2, -0.15) is 0 Å². The summed E-state index contributed by atoms with van der Waals surface area (Å²) in [7, 11) is 2.11. The fourth-order valence-corrected chi connectivity index (χ4v) is 2.14. The van der Waals surface area contributed by atoms with Gasteiger partial charge in [-0.05, 0) is 33.2 Å². The maximum Gasteiger partial charge on any atom is 0.0695 e. The van der Waals surface area contributed by atoms with Gasteiger partial charge in [0.1, 0.15) is 0 Å². The lowest BCUT2D eigenvalue weighted by Crippen LogP contribution is -2.43. The van der Waals surface area contributed by atoms with Crippen LogP contribution in [0.15, 0.2) is 12.2 Å². The summed E-state index contributed by atoms with van der Waals surface area (Å²) >= 11 is 0. The minimum absolute atomic E-state index is 0.112. The molecule has 2 atom stereocenters. The molecule has 1 N–H and O–H groups in total. The molecule has 0 bridgehead atoms. The van der Waals surface area contributed by atoms with Crippen LogP contribution in [0.5, 0.6) is 0 Å². The monoisotopic (exact) mass is 197 g/mol. The first kappa shape index (κ1) is 11.7. The van der Waals surface area contributed by atoms with Gasteiger partial charge in [0.05, 0.1) is 6.10 Å². The van der Waals surface area contributed by atoms with Crippen molar-refractivity contribution in [3.8, 4) is 0 Å². The number of nitrogens with zero attached hydrogens (tertiary/aromatic N) is 1. The number of hydrogen-bond acceptors (Lipinski definition) is 2. The quantitative estimate of drug-likeness (QED) is 0.698. The molecule has 0 saturated heterocycles. The Hall–Kier alpha value is -0.340. The van der Waals surface area contributed by atoms with Crippen LogP contribution in [0.25, 0.3) is 0 Å². The number of hydrogen-bond donors (Lipinski definition) is 1. The van der Waals surface area contributed by atoms with Crippen molar-refractivity contribution in [3.63, 3.8) is 0 Å². The van der Waals surface area contributed by atoms with Crippen molar-refractivity contribution >= 4 is 0 Å². The highest BCUT2D eigenvalue weighted by molar-refractivity contribution is 4.90. The van der Waals surface area contributed by atoms with E-state index in [-0.39, 0.29) is 6.10 Å². The van der Waals surface area contributed by atoms with Gasteiger partial charge in [0, 0.05) is 12.6 Å². The Morgan fingerprint density at radius 3 is 2.64 bits per heavy atom. The molecule has 82 valence electrons. The predicted octanol–water partition coefficient (Wildman–Crippen LogP) is 2.19. The van der Waals surface area contributed by atoms with E-state index in [2.05, 4.69) is 25.5 Å². The van der Waals surface area contributed by atoms with Gasteiger partial charge in [-0.15, -0.1) is 6.58 Å². The molecule has 1 fully saturated rings. The van der Waals surface area contributed by atoms with Crippen LogP contribution < -0.4 is 0 Å². The Labute approximate surface area is 87.6 Å². The summed E-state index contributed by atoms with van der Waals surface area (Å²) in [5, 5.41) is 9.84. The molecular weight excluding hydrogens is 174 g/mol. The summed E-state index contributed by atoms with van der Waals surface area (Å²) in [4.78, 5) is 2.29. The summed E-state index contributed by atoms with van der Waals surface area (Å²) in [6.45, 7) is 6.99. The van der Waals surface area contributed by atoms with Gasteiger partial charge in [0.15, 0.2) is 0 Å². The zero-order chi connectivity index (χ0) is 10.6. The maximum absolute atomic E-state index is 9.84. The second-order valence-electron chi connectivity index (χ2n) is 4.61. The molecule has 0 aromatic heterocycles. The maximum atomic E-state index is 9.84. The Bertz CT molecular complexity index is 191. The normalized spacial score (nSPS) is 28.0. The summed E-state index contributed by atoms with van der Waals surface area (Å²) in [5.74, 6) is 0. The molecule has 0 radical (unpaired) electrons. The van der Waals surface area contributed by atoms with E-state index in [9.17, 15) is 5.11 Å². The molecule has 0 amide bonds. The lowest BCUT2D eigenvalue weighted by Gasteiger charge is -2.35. The molecule has 0 aliphatic heterocycles. The second kappa shape index (κ2) is 5.52. The summed E-state index contributed by atoms with van der Waals surface area (Å²) in [5.41, 5.74) is 1.22. The molecule has 2 unspecified atom stereocenters. The topological polar surface area (TPSA) is 23.5 Å². The standard InChI is InChI=1S/C12H23NO/c1-10(2)8-9-13(3)11-6-4-5-7-12(11)14/h11-12,14H,1,4-9H2,2-3H3. The third-order valence-corrected chi connectivity index (χ3v) is 3.15. The van der Waals surface area contributed by atoms with Crippen molar-refractivity contribution in [3.05, 3.63) is 12.2 Å². The van der Waals surface area contributed by atoms with Crippen LogP contribution in [-0.2, 0) is 0 Å². The minimum atomic E-state index is -0.112. The van der Waals surface area contributed by atoms with E-state index in [1.54, 1.807) is 0 Å². The largest absolute Gasteiger partial charge is 0.391 e. The number of likely N-dealkylation sites (N-methyl/N-ethyl adjacent to an activating group) is 1. The molecule has 1 aliphatic carbocycles. The van der Waals surface area contributed by atoms with Gasteiger partial charge in [-0.1, -0.05) is 18.4 Å². The molecule has 14 heavy (non-hydrogen) atoms. The predicted molar refractivity (Wildman–Crippen MR) is 60.3 cm³/mol. The van der Waals surface area contributed by atoms with E-state index in [1.807, 2.05) is 0 Å². The third-order valence-electron chi connectivity index (χ3n) is 3.15. The summed E-state index contributed by atoms with van der Waals surface area (Å²) in [6, 6.07) is 0.378. The smallest absolute Gasteiger partial charge is 0.0695 e. The van der Waals surface area contributed by atoms with Crippen molar-refractivity contribution in [1.29, 1.82) is 0 Å². The van der Waals surface area contributed by atoms with E-state index in [1.165, 1.54) is 18.4 Å². The molecule has 1 rings (SSSR count). The summed E-state index contributed by atoms with van der Waals surface area (Å²) < 4.78 is 0. The van der Waals surface area contributed by atoms with Gasteiger partial charge in [0.25, 0.3) is 0 Å². The zero-order valence-corrected chi connectivity index (χ0v) is 9.50. The average Bonchev–Trinajstić information content (AvgIpc) is 2.15. The molecular formula is C12H23NO. The molecule has 0 spiro atoms. The molecule has 1 saturated carbocycles. The number of aliphatic hydroxyl groups excluding tert-OH is 1. The Morgan fingerprint density at radius 2 is 2.07 bits per heavy atom. The van der Waals surface area contributed by atoms with Crippen LogP contribution in [0, 0.1) is 0 Å². The minimum Gasteiger partial charge on any atom is -0.391 e. The highest BCUT2D eigenvalue weighted by Gasteiger charge is 2.25. The fraction of sp³-hybridized carbons (Fsp3) is 0.833. The summed E-state index contributed by atoms with van der Waals surface area (Å²) in [6.07, 6.45) is 5.50. The van der Waals surface area contributed by atoms with Gasteiger partial charge in [0.2, 0.25) is 0 Å². The van der Waals surface area contributed by atoms with Crippen molar-refractivity contribution in [2.75, 3.05) is 13.6 Å². The Kier molecular flexibility index (Phi) is 4.63. The van der Waals surface area contributed by atoms with Gasteiger partial charge in [-0.25, -0.2) is 0 Å². The van der Waals surface area contributed by atoms with Crippen LogP contribution >= 0.6 is 0 Å². The van der Waals surface area contributed by atoms with Crippen LogP contribution in [0.1, 0.15) is 39.0 Å². The van der Waals surface area contributed by atoms with Crippen molar-refractivity contribution in [1.82, 2.24) is 4.90 Å². The van der Waals surface area contributed by atoms with E-state index >= 15 is 0 Å². The molecule has 2 heteroatoms. The first-order chi connectivity index (χ1) is 6.61. The zero-order valence-electron chi connectivity index (χ0n) is 9.50. The van der Waals surface area contributed by atoms with Gasteiger partial charge >= 0.3 is 0 Å². The van der Waals surface area contributed by atoms with Crippen LogP contribution in [0.2, 0.25) is 0 Å². The first-order valence-corrected chi connectivity index (χ1v) is 5.64. The van der Waals surface area contributed by atoms with E-state index in [0.29, 0.717) is 6.04 Å². The average molecular weight is 197 g/mol. The highest BCUT2D eigenvalue weighted by Crippen LogP contribution is 2.22. The Balaban J connectivity index is 2.34. The number of rotatable bonds is 4. The molecule has 1 aliphatic rings. The van der Waals surface area contributed by atoms with E-state index in [4.69, 9.17) is 0 Å². The molecule has 0 heterocycles. The van der Waals surface area contributed by atoms with E-state index in [0.717, 1.165) is 25.8 Å². The van der Waals surface area contributed by atoms with Gasteiger partial charge < -0.3 is 10.0 Å². The lowest BCUT2D eigenvalue weighted by molar-refractivity contribution is 0.0328. The highest BCUT2D eigenvalue weighted by atomic mass is 16.3. The third kappa shape index (κ3) is 3.43. The molecule has 0 aromatic carbocycles. The second-order valence-corrected chi connectivity index (χ2v) is 4.61. The van der Waals surface area contributed by atoms with Crippen LogP contribution in [0.4, 0.5) is 0 Å². The number of aliphatic hydroxyl groups is 1. The van der Waals surface area contributed by atoms with Crippen molar-refractivity contribution in [2.45, 2.75) is 51.2 Å². The fourth-order valence-electron chi connectivity index (χ4n) is 2.14. The van der Waals surface area contributed by atoms with Gasteiger partial charge in [-0.3, -0.25) is 0 Å². The lowest BCUT2D eigenvalue weighted by atomic mass is 9.91. The van der Waals surface area contributed by atoms with Crippen molar-refractivity contribution in [2.24, 2.45) is 0 Å². The Morgan fingerprint density at radius 1 is 1.43 bits per heavy atom. The molecule has 0 aromatic rings. The van der Waals surface area contributed by atoms with Crippen molar-refractivity contribution < 1.29 is 5.11 Å². The van der Waals surface area contributed by atoms with E-state index < -0.39 is 0 Å². The van der Waals surface area contributed by atoms with Crippen LogP contribution in [-0.4, -0.2) is 35.7 Å². The first-order valence-electron chi connectivity index (χ1n) is 5.64. The SMILES string of the molecule is C=C(C)CCN(C)C1CCCCC1O. The van der Waals surface area contributed by atoms with Crippen LogP contribution in [0.3, 0.4) is 0 Å².